The number of hydrogen-bond acceptors (Lipinski definition) is 0. The Labute approximate surface area is 407 Å². The number of rotatable bonds is 8. The maximum atomic E-state index is 2.49. The molecule has 0 saturated carbocycles. The van der Waals surface area contributed by atoms with Gasteiger partial charge in [-0.1, -0.05) is 200 Å². The molecular formula is C66H45N3Si. The van der Waals surface area contributed by atoms with Crippen LogP contribution in [0.2, 0.25) is 0 Å². The van der Waals surface area contributed by atoms with E-state index >= 15 is 0 Å². The molecule has 3 heterocycles. The fourth-order valence-corrected chi connectivity index (χ4v) is 16.6. The predicted molar refractivity (Wildman–Crippen MR) is 299 cm³/mol. The molecule has 0 N–H and O–H groups in total. The average molecular weight is 908 g/mol. The molecule has 14 rings (SSSR count). The van der Waals surface area contributed by atoms with Crippen LogP contribution < -0.4 is 20.7 Å². The molecule has 0 aliphatic heterocycles. The SMILES string of the molecule is c1ccc(-n2c3ccccc3c3cc(-c4cccc([Si](c5ccccc5)(c5ccccc5)c5ccc(-n6c7ccccc7c7c6ccc6c8ccccc8n(-c8ccccc8)c67)cc5)c4)ccc32)cc1. The van der Waals surface area contributed by atoms with Crippen molar-refractivity contribution in [3.05, 3.63) is 273 Å². The lowest BCUT2D eigenvalue weighted by atomic mass is 10.0. The Kier molecular flexibility index (Phi) is 9.23. The van der Waals surface area contributed by atoms with Crippen LogP contribution >= 0.6 is 0 Å². The molecule has 0 radical (unpaired) electrons. The smallest absolute Gasteiger partial charge is 0.179 e. The van der Waals surface area contributed by atoms with Gasteiger partial charge in [0.05, 0.1) is 33.1 Å². The molecule has 0 fully saturated rings. The van der Waals surface area contributed by atoms with Crippen molar-refractivity contribution in [2.75, 3.05) is 0 Å². The second-order valence-corrected chi connectivity index (χ2v) is 22.2. The maximum Gasteiger partial charge on any atom is 0.179 e. The molecular weight excluding hydrogens is 863 g/mol. The van der Waals surface area contributed by atoms with E-state index in [4.69, 9.17) is 0 Å². The Morgan fingerprint density at radius 1 is 0.229 bits per heavy atom. The van der Waals surface area contributed by atoms with Crippen LogP contribution in [0.15, 0.2) is 273 Å². The third kappa shape index (κ3) is 6.00. The third-order valence-corrected chi connectivity index (χ3v) is 19.5. The van der Waals surface area contributed by atoms with Crippen LogP contribution in [0.5, 0.6) is 0 Å². The minimum atomic E-state index is -2.93. The van der Waals surface area contributed by atoms with E-state index in [-0.39, 0.29) is 0 Å². The molecule has 3 aromatic heterocycles. The van der Waals surface area contributed by atoms with Crippen LogP contribution in [-0.4, -0.2) is 21.8 Å². The summed E-state index contributed by atoms with van der Waals surface area (Å²) in [6.45, 7) is 0. The minimum Gasteiger partial charge on any atom is -0.309 e. The molecule has 14 aromatic rings. The molecule has 0 unspecified atom stereocenters. The van der Waals surface area contributed by atoms with Gasteiger partial charge in [-0.3, -0.25) is 0 Å². The van der Waals surface area contributed by atoms with E-state index in [0.717, 1.165) is 11.4 Å². The first-order chi connectivity index (χ1) is 34.8. The van der Waals surface area contributed by atoms with E-state index in [0.29, 0.717) is 0 Å². The molecule has 0 atom stereocenters. The van der Waals surface area contributed by atoms with Gasteiger partial charge in [-0.2, -0.15) is 0 Å². The molecule has 70 heavy (non-hydrogen) atoms. The highest BCUT2D eigenvalue weighted by atomic mass is 28.3. The molecule has 11 aromatic carbocycles. The van der Waals surface area contributed by atoms with Gasteiger partial charge in [0.25, 0.3) is 0 Å². The van der Waals surface area contributed by atoms with Crippen molar-refractivity contribution in [1.29, 1.82) is 0 Å². The Hall–Kier alpha value is -8.96. The minimum absolute atomic E-state index is 1.14. The Morgan fingerprint density at radius 3 is 1.30 bits per heavy atom. The summed E-state index contributed by atoms with van der Waals surface area (Å²) in [5.74, 6) is 0. The number of aromatic nitrogens is 3. The van der Waals surface area contributed by atoms with Crippen LogP contribution in [0.3, 0.4) is 0 Å². The normalized spacial score (nSPS) is 12.0. The number of nitrogens with zero attached hydrogens (tertiary/aromatic N) is 3. The number of hydrogen-bond donors (Lipinski definition) is 0. The van der Waals surface area contributed by atoms with Gasteiger partial charge < -0.3 is 13.7 Å². The third-order valence-electron chi connectivity index (χ3n) is 14.8. The zero-order chi connectivity index (χ0) is 46.2. The van der Waals surface area contributed by atoms with Crippen molar-refractivity contribution < 1.29 is 0 Å². The molecule has 0 aliphatic rings. The molecule has 0 saturated heterocycles. The van der Waals surface area contributed by atoms with E-state index in [1.54, 1.807) is 0 Å². The summed E-state index contributed by atoms with van der Waals surface area (Å²) >= 11 is 0. The van der Waals surface area contributed by atoms with Gasteiger partial charge in [0.2, 0.25) is 0 Å². The summed E-state index contributed by atoms with van der Waals surface area (Å²) in [6, 6.07) is 101. The van der Waals surface area contributed by atoms with Gasteiger partial charge in [-0.15, -0.1) is 0 Å². The summed E-state index contributed by atoms with van der Waals surface area (Å²) in [4.78, 5) is 0. The van der Waals surface area contributed by atoms with E-state index in [1.807, 2.05) is 0 Å². The van der Waals surface area contributed by atoms with E-state index < -0.39 is 8.07 Å². The summed E-state index contributed by atoms with van der Waals surface area (Å²) in [6.07, 6.45) is 0. The largest absolute Gasteiger partial charge is 0.309 e. The van der Waals surface area contributed by atoms with Crippen LogP contribution in [0.25, 0.3) is 93.6 Å². The summed E-state index contributed by atoms with van der Waals surface area (Å²) in [7, 11) is -2.93. The van der Waals surface area contributed by atoms with E-state index in [2.05, 4.69) is 287 Å². The first-order valence-corrected chi connectivity index (χ1v) is 26.2. The van der Waals surface area contributed by atoms with Gasteiger partial charge in [0.15, 0.2) is 8.07 Å². The molecule has 0 bridgehead atoms. The number of benzene rings is 11. The van der Waals surface area contributed by atoms with E-state index in [9.17, 15) is 0 Å². The number of fused-ring (bicyclic) bond motifs is 10. The van der Waals surface area contributed by atoms with Gasteiger partial charge in [0.1, 0.15) is 0 Å². The van der Waals surface area contributed by atoms with Crippen molar-refractivity contribution in [3.63, 3.8) is 0 Å². The first-order valence-electron chi connectivity index (χ1n) is 24.2. The van der Waals surface area contributed by atoms with Crippen molar-refractivity contribution in [3.8, 4) is 28.2 Å². The second kappa shape index (κ2) is 16.1. The van der Waals surface area contributed by atoms with Gasteiger partial charge in [0, 0.05) is 49.4 Å². The van der Waals surface area contributed by atoms with Crippen molar-refractivity contribution >= 4 is 94.2 Å². The van der Waals surface area contributed by atoms with Crippen molar-refractivity contribution in [2.45, 2.75) is 0 Å². The lowest BCUT2D eigenvalue weighted by molar-refractivity contribution is 1.17. The highest BCUT2D eigenvalue weighted by molar-refractivity contribution is 7.20. The molecule has 0 amide bonds. The molecule has 3 nitrogen and oxygen atoms in total. The Balaban J connectivity index is 0.968. The topological polar surface area (TPSA) is 14.8 Å². The van der Waals surface area contributed by atoms with Gasteiger partial charge >= 0.3 is 0 Å². The molecule has 0 aliphatic carbocycles. The predicted octanol–water partition coefficient (Wildman–Crippen LogP) is 14.0. The zero-order valence-electron chi connectivity index (χ0n) is 38.3. The van der Waals surface area contributed by atoms with Gasteiger partial charge in [-0.25, -0.2) is 0 Å². The standard InChI is InChI=1S/C66H45N3Si/c1-5-21-48(22-6-1)67-60-33-16-14-31-56(60)59-45-47(36-42-63(59)67)46-20-19-29-54(44-46)70(51-25-9-3-10-26-51,52-27-11-4-12-28-52)53-39-37-50(38-40-53)68-62-35-18-15-32-58(62)65-64(68)43-41-57-55-30-13-17-34-61(55)69(66(57)65)49-23-7-2-8-24-49/h1-45H. The first kappa shape index (κ1) is 40.1. The second-order valence-electron chi connectivity index (χ2n) is 18.4. The van der Waals surface area contributed by atoms with Gasteiger partial charge in [-0.05, 0) is 105 Å². The Bertz CT molecular complexity index is 4220. The fraction of sp³-hybridized carbons (Fsp3) is 0. The van der Waals surface area contributed by atoms with Crippen LogP contribution in [0.4, 0.5) is 0 Å². The summed E-state index contributed by atoms with van der Waals surface area (Å²) < 4.78 is 7.32. The highest BCUT2D eigenvalue weighted by Crippen LogP contribution is 2.42. The lowest BCUT2D eigenvalue weighted by Crippen LogP contribution is -2.74. The zero-order valence-corrected chi connectivity index (χ0v) is 39.3. The molecule has 328 valence electrons. The van der Waals surface area contributed by atoms with Crippen molar-refractivity contribution in [2.24, 2.45) is 0 Å². The fourth-order valence-electron chi connectivity index (χ4n) is 11.8. The molecule has 4 heteroatoms. The molecule has 0 spiro atoms. The quantitative estimate of drug-likeness (QED) is 0.107. The van der Waals surface area contributed by atoms with E-state index in [1.165, 1.54) is 103 Å². The van der Waals surface area contributed by atoms with Crippen LogP contribution in [0.1, 0.15) is 0 Å². The Morgan fingerprint density at radius 2 is 0.657 bits per heavy atom. The maximum absolute atomic E-state index is 2.93. The van der Waals surface area contributed by atoms with Crippen molar-refractivity contribution in [1.82, 2.24) is 13.7 Å². The van der Waals surface area contributed by atoms with Crippen LogP contribution in [0, 0.1) is 0 Å². The van der Waals surface area contributed by atoms with Crippen LogP contribution in [-0.2, 0) is 0 Å². The average Bonchev–Trinajstić information content (AvgIpc) is 4.08. The number of para-hydroxylation sites is 5. The monoisotopic (exact) mass is 907 g/mol. The lowest BCUT2D eigenvalue weighted by Gasteiger charge is -2.35. The summed E-state index contributed by atoms with van der Waals surface area (Å²) in [5.41, 5.74) is 13.1. The highest BCUT2D eigenvalue weighted by Gasteiger charge is 2.41. The summed E-state index contributed by atoms with van der Waals surface area (Å²) in [5, 5.41) is 12.9.